The van der Waals surface area contributed by atoms with E-state index in [0.29, 0.717) is 23.1 Å². The Bertz CT molecular complexity index is 633. The van der Waals surface area contributed by atoms with E-state index in [9.17, 15) is 9.59 Å². The lowest BCUT2D eigenvalue weighted by atomic mass is 10.2. The van der Waals surface area contributed by atoms with Gasteiger partial charge in [0.2, 0.25) is 0 Å². The summed E-state index contributed by atoms with van der Waals surface area (Å²) in [7, 11) is 0. The molecule has 94 valence electrons. The normalized spacial score (nSPS) is 12.3. The van der Waals surface area contributed by atoms with Crippen LogP contribution in [0.3, 0.4) is 0 Å². The van der Waals surface area contributed by atoms with E-state index in [1.54, 1.807) is 38.1 Å². The van der Waals surface area contributed by atoms with Crippen molar-refractivity contribution in [2.24, 2.45) is 0 Å². The van der Waals surface area contributed by atoms with E-state index in [-0.39, 0.29) is 11.5 Å². The van der Waals surface area contributed by atoms with Gasteiger partial charge in [0, 0.05) is 6.42 Å². The first kappa shape index (κ1) is 12.3. The van der Waals surface area contributed by atoms with Gasteiger partial charge in [-0.05, 0) is 19.1 Å². The van der Waals surface area contributed by atoms with Crippen molar-refractivity contribution in [3.8, 4) is 0 Å². The number of nitrogens with one attached hydrogen (secondary N) is 1. The number of hydrogen-bond acceptors (Lipinski definition) is 4. The molecule has 0 aliphatic rings. The Hall–Kier alpha value is -2.17. The molecule has 0 radical (unpaired) electrons. The summed E-state index contributed by atoms with van der Waals surface area (Å²) in [5.41, 5.74) is 0.366. The molecule has 2 aromatic rings. The van der Waals surface area contributed by atoms with Crippen molar-refractivity contribution in [2.45, 2.75) is 26.4 Å². The summed E-state index contributed by atoms with van der Waals surface area (Å²) in [6.07, 6.45) is -0.267. The van der Waals surface area contributed by atoms with Gasteiger partial charge in [0.1, 0.15) is 0 Å². The molecule has 5 heteroatoms. The van der Waals surface area contributed by atoms with Crippen molar-refractivity contribution in [1.29, 1.82) is 0 Å². The summed E-state index contributed by atoms with van der Waals surface area (Å²) >= 11 is 0. The standard InChI is InChI=1S/C13H14N2O3/c1-3-11(16)18-8(2)12-14-10-7-5-4-6-9(10)13(17)15-12/h4-8H,3H2,1-2H3,(H,14,15,17)/t8-/m1/s1. The number of para-hydroxylation sites is 1. The first-order valence-electron chi connectivity index (χ1n) is 5.80. The summed E-state index contributed by atoms with van der Waals surface area (Å²) in [6, 6.07) is 7.04. The van der Waals surface area contributed by atoms with Gasteiger partial charge in [0.05, 0.1) is 10.9 Å². The smallest absolute Gasteiger partial charge is 0.306 e. The number of rotatable bonds is 3. The number of hydrogen-bond donors (Lipinski definition) is 1. The molecule has 0 spiro atoms. The molecule has 1 N–H and O–H groups in total. The summed E-state index contributed by atoms with van der Waals surface area (Å²) < 4.78 is 5.12. The van der Waals surface area contributed by atoms with Crippen LogP contribution < -0.4 is 5.56 Å². The highest BCUT2D eigenvalue weighted by atomic mass is 16.5. The number of nitrogens with zero attached hydrogens (tertiary/aromatic N) is 1. The monoisotopic (exact) mass is 246 g/mol. The van der Waals surface area contributed by atoms with E-state index < -0.39 is 6.10 Å². The van der Waals surface area contributed by atoms with E-state index in [4.69, 9.17) is 4.74 Å². The van der Waals surface area contributed by atoms with Gasteiger partial charge in [-0.25, -0.2) is 4.98 Å². The molecule has 1 heterocycles. The highest BCUT2D eigenvalue weighted by Gasteiger charge is 2.14. The van der Waals surface area contributed by atoms with Crippen molar-refractivity contribution in [3.05, 3.63) is 40.4 Å². The quantitative estimate of drug-likeness (QED) is 0.840. The third-order valence-electron chi connectivity index (χ3n) is 2.61. The SMILES string of the molecule is CCC(=O)O[C@H](C)c1nc2ccccc2c(=O)[nH]1. The highest BCUT2D eigenvalue weighted by molar-refractivity contribution is 5.77. The van der Waals surface area contributed by atoms with Crippen LogP contribution in [-0.4, -0.2) is 15.9 Å². The summed E-state index contributed by atoms with van der Waals surface area (Å²) in [6.45, 7) is 3.40. The van der Waals surface area contributed by atoms with Gasteiger partial charge in [0.15, 0.2) is 11.9 Å². The number of H-pyrrole nitrogens is 1. The Morgan fingerprint density at radius 2 is 2.17 bits per heavy atom. The maximum atomic E-state index is 11.8. The van der Waals surface area contributed by atoms with E-state index >= 15 is 0 Å². The zero-order valence-corrected chi connectivity index (χ0v) is 10.3. The molecule has 0 bridgehead atoms. The van der Waals surface area contributed by atoms with Gasteiger partial charge in [-0.3, -0.25) is 9.59 Å². The van der Waals surface area contributed by atoms with Crippen molar-refractivity contribution >= 4 is 16.9 Å². The second kappa shape index (κ2) is 5.00. The molecule has 2 rings (SSSR count). The second-order valence-corrected chi connectivity index (χ2v) is 3.95. The van der Waals surface area contributed by atoms with Gasteiger partial charge in [-0.15, -0.1) is 0 Å². The molecule has 1 aromatic heterocycles. The van der Waals surface area contributed by atoms with Crippen LogP contribution in [0.15, 0.2) is 29.1 Å². The summed E-state index contributed by atoms with van der Waals surface area (Å²) in [5.74, 6) is 0.0406. The largest absolute Gasteiger partial charge is 0.454 e. The molecule has 0 fully saturated rings. The number of ether oxygens (including phenoxy) is 1. The van der Waals surface area contributed by atoms with Crippen LogP contribution in [0.4, 0.5) is 0 Å². The molecular formula is C13H14N2O3. The molecule has 18 heavy (non-hydrogen) atoms. The minimum Gasteiger partial charge on any atom is -0.454 e. The molecule has 5 nitrogen and oxygen atoms in total. The van der Waals surface area contributed by atoms with Crippen LogP contribution in [-0.2, 0) is 9.53 Å². The second-order valence-electron chi connectivity index (χ2n) is 3.95. The third-order valence-corrected chi connectivity index (χ3v) is 2.61. The summed E-state index contributed by atoms with van der Waals surface area (Å²) in [4.78, 5) is 30.0. The number of aromatic nitrogens is 2. The molecule has 0 saturated heterocycles. The van der Waals surface area contributed by atoms with Gasteiger partial charge >= 0.3 is 5.97 Å². The number of aromatic amines is 1. The first-order valence-corrected chi connectivity index (χ1v) is 5.80. The topological polar surface area (TPSA) is 72.0 Å². The van der Waals surface area contributed by atoms with E-state index in [2.05, 4.69) is 9.97 Å². The number of benzene rings is 1. The Kier molecular flexibility index (Phi) is 3.41. The van der Waals surface area contributed by atoms with Crippen molar-refractivity contribution in [1.82, 2.24) is 9.97 Å². The molecule has 1 aromatic carbocycles. The van der Waals surface area contributed by atoms with Crippen LogP contribution in [0.5, 0.6) is 0 Å². The minimum absolute atomic E-state index is 0.227. The van der Waals surface area contributed by atoms with Gasteiger partial charge in [-0.1, -0.05) is 19.1 Å². The molecule has 0 aliphatic carbocycles. The lowest BCUT2D eigenvalue weighted by molar-refractivity contribution is -0.148. The molecule has 1 atom stereocenters. The first-order chi connectivity index (χ1) is 8.61. The number of carbonyl (C=O) groups is 1. The number of esters is 1. The average Bonchev–Trinajstić information content (AvgIpc) is 2.38. The molecular weight excluding hydrogens is 232 g/mol. The van der Waals surface area contributed by atoms with E-state index in [0.717, 1.165) is 0 Å². The lowest BCUT2D eigenvalue weighted by Gasteiger charge is -2.12. The predicted molar refractivity (Wildman–Crippen MR) is 67.2 cm³/mol. The Labute approximate surface area is 104 Å². The minimum atomic E-state index is -0.560. The maximum absolute atomic E-state index is 11.8. The van der Waals surface area contributed by atoms with Crippen molar-refractivity contribution < 1.29 is 9.53 Å². The van der Waals surface area contributed by atoms with Crippen LogP contribution >= 0.6 is 0 Å². The molecule has 0 aliphatic heterocycles. The van der Waals surface area contributed by atoms with Crippen LogP contribution in [0.1, 0.15) is 32.2 Å². The zero-order chi connectivity index (χ0) is 13.1. The lowest BCUT2D eigenvalue weighted by Crippen LogP contribution is -2.17. The van der Waals surface area contributed by atoms with E-state index in [1.165, 1.54) is 0 Å². The van der Waals surface area contributed by atoms with Crippen LogP contribution in [0.25, 0.3) is 10.9 Å². The fourth-order valence-electron chi connectivity index (χ4n) is 1.63. The van der Waals surface area contributed by atoms with Crippen LogP contribution in [0.2, 0.25) is 0 Å². The maximum Gasteiger partial charge on any atom is 0.306 e. The van der Waals surface area contributed by atoms with Crippen LogP contribution in [0, 0.1) is 0 Å². The van der Waals surface area contributed by atoms with Crippen molar-refractivity contribution in [2.75, 3.05) is 0 Å². The van der Waals surface area contributed by atoms with Gasteiger partial charge in [-0.2, -0.15) is 0 Å². The molecule has 0 saturated carbocycles. The van der Waals surface area contributed by atoms with Gasteiger partial charge in [0.25, 0.3) is 5.56 Å². The fourth-order valence-corrected chi connectivity index (χ4v) is 1.63. The fraction of sp³-hybridized carbons (Fsp3) is 0.308. The molecule has 0 unspecified atom stereocenters. The highest BCUT2D eigenvalue weighted by Crippen LogP contribution is 2.14. The Morgan fingerprint density at radius 1 is 1.44 bits per heavy atom. The summed E-state index contributed by atoms with van der Waals surface area (Å²) in [5, 5.41) is 0.523. The number of fused-ring (bicyclic) bond motifs is 1. The average molecular weight is 246 g/mol. The van der Waals surface area contributed by atoms with Crippen molar-refractivity contribution in [3.63, 3.8) is 0 Å². The third kappa shape index (κ3) is 2.40. The predicted octanol–water partition coefficient (Wildman–Crippen LogP) is 1.94. The Morgan fingerprint density at radius 3 is 2.89 bits per heavy atom. The van der Waals surface area contributed by atoms with Gasteiger partial charge < -0.3 is 9.72 Å². The zero-order valence-electron chi connectivity index (χ0n) is 10.3. The Balaban J connectivity index is 2.40. The number of carbonyl (C=O) groups excluding carboxylic acids is 1. The molecule has 0 amide bonds. The van der Waals surface area contributed by atoms with E-state index in [1.807, 2.05) is 0 Å².